The van der Waals surface area contributed by atoms with E-state index < -0.39 is 11.9 Å². The fourth-order valence-corrected chi connectivity index (χ4v) is 4.57. The second kappa shape index (κ2) is 9.39. The number of rotatable bonds is 5. The number of urea groups is 1. The molecule has 152 valence electrons. The van der Waals surface area contributed by atoms with Gasteiger partial charge >= 0.3 is 12.0 Å². The van der Waals surface area contributed by atoms with E-state index in [-0.39, 0.29) is 36.5 Å². The van der Waals surface area contributed by atoms with Crippen LogP contribution in [0.3, 0.4) is 0 Å². The minimum absolute atomic E-state index is 0.000892. The molecule has 0 aromatic heterocycles. The summed E-state index contributed by atoms with van der Waals surface area (Å²) in [7, 11) is 0. The molecule has 2 heterocycles. The van der Waals surface area contributed by atoms with Crippen molar-refractivity contribution >= 4 is 17.9 Å². The van der Waals surface area contributed by atoms with Gasteiger partial charge in [-0.25, -0.2) is 4.79 Å². The van der Waals surface area contributed by atoms with E-state index in [1.807, 2.05) is 0 Å². The lowest BCUT2D eigenvalue weighted by molar-refractivity contribution is -0.145. The molecule has 2 saturated heterocycles. The number of likely N-dealkylation sites (tertiary alicyclic amines) is 1. The summed E-state index contributed by atoms with van der Waals surface area (Å²) in [4.78, 5) is 37.4. The second-order valence-corrected chi connectivity index (χ2v) is 7.95. The lowest BCUT2D eigenvalue weighted by atomic mass is 9.84. The van der Waals surface area contributed by atoms with Crippen molar-refractivity contribution in [3.63, 3.8) is 0 Å². The fourth-order valence-electron chi connectivity index (χ4n) is 4.57. The van der Waals surface area contributed by atoms with Gasteiger partial charge in [0.1, 0.15) is 0 Å². The maximum Gasteiger partial charge on any atom is 0.315 e. The molecular weight excluding hydrogens is 350 g/mol. The molecule has 2 aliphatic heterocycles. The number of carboxylic acids is 1. The third-order valence-corrected chi connectivity index (χ3v) is 6.15. The topological polar surface area (TPSA) is 108 Å². The van der Waals surface area contributed by atoms with Crippen LogP contribution in [0.5, 0.6) is 0 Å². The van der Waals surface area contributed by atoms with Crippen LogP contribution in [0.2, 0.25) is 0 Å². The number of ether oxygens (including phenoxy) is 1. The Hall–Kier alpha value is -1.83. The van der Waals surface area contributed by atoms with E-state index >= 15 is 0 Å². The molecule has 0 radical (unpaired) electrons. The minimum atomic E-state index is -0.788. The van der Waals surface area contributed by atoms with Gasteiger partial charge in [0, 0.05) is 25.7 Å². The average Bonchev–Trinajstić information content (AvgIpc) is 3.17. The molecule has 1 aliphatic carbocycles. The predicted molar refractivity (Wildman–Crippen MR) is 98.2 cm³/mol. The second-order valence-electron chi connectivity index (χ2n) is 7.95. The van der Waals surface area contributed by atoms with Crippen LogP contribution in [-0.2, 0) is 14.3 Å². The largest absolute Gasteiger partial charge is 0.481 e. The van der Waals surface area contributed by atoms with Gasteiger partial charge in [-0.2, -0.15) is 0 Å². The van der Waals surface area contributed by atoms with Crippen molar-refractivity contribution in [3.05, 3.63) is 0 Å². The quantitative estimate of drug-likeness (QED) is 0.666. The van der Waals surface area contributed by atoms with Gasteiger partial charge in [-0.15, -0.1) is 0 Å². The minimum Gasteiger partial charge on any atom is -0.481 e. The normalized spacial score (nSPS) is 27.3. The molecule has 0 aromatic carbocycles. The number of hydrogen-bond donors (Lipinski definition) is 3. The molecule has 3 rings (SSSR count). The van der Waals surface area contributed by atoms with Crippen LogP contribution in [0.25, 0.3) is 0 Å². The van der Waals surface area contributed by atoms with Gasteiger partial charge in [0.05, 0.1) is 18.6 Å². The molecule has 27 heavy (non-hydrogen) atoms. The molecular formula is C19H31N3O5. The molecule has 3 fully saturated rings. The monoisotopic (exact) mass is 381 g/mol. The number of nitrogens with zero attached hydrogens (tertiary/aromatic N) is 1. The molecule has 0 bridgehead atoms. The predicted octanol–water partition coefficient (Wildman–Crippen LogP) is 1.35. The summed E-state index contributed by atoms with van der Waals surface area (Å²) in [6.45, 7) is 1.67. The van der Waals surface area contributed by atoms with Gasteiger partial charge in [0.2, 0.25) is 5.91 Å². The highest BCUT2D eigenvalue weighted by Crippen LogP contribution is 2.33. The first-order valence-electron chi connectivity index (χ1n) is 10.2. The zero-order chi connectivity index (χ0) is 19.2. The van der Waals surface area contributed by atoms with Gasteiger partial charge in [-0.05, 0) is 38.0 Å². The van der Waals surface area contributed by atoms with Crippen LogP contribution in [-0.4, -0.2) is 66.3 Å². The highest BCUT2D eigenvalue weighted by Gasteiger charge is 2.40. The Labute approximate surface area is 160 Å². The first kappa shape index (κ1) is 19.9. The lowest BCUT2D eigenvalue weighted by Gasteiger charge is -2.35. The number of amides is 3. The van der Waals surface area contributed by atoms with Gasteiger partial charge in [-0.1, -0.05) is 19.3 Å². The third kappa shape index (κ3) is 5.34. The van der Waals surface area contributed by atoms with E-state index in [2.05, 4.69) is 10.6 Å². The number of carbonyl (C=O) groups excluding carboxylic acids is 2. The summed E-state index contributed by atoms with van der Waals surface area (Å²) in [5, 5.41) is 14.9. The van der Waals surface area contributed by atoms with E-state index in [4.69, 9.17) is 4.74 Å². The van der Waals surface area contributed by atoms with Gasteiger partial charge < -0.3 is 25.4 Å². The van der Waals surface area contributed by atoms with Crippen LogP contribution in [0, 0.1) is 11.8 Å². The molecule has 3 aliphatic rings. The number of piperidine rings is 1. The van der Waals surface area contributed by atoms with E-state index in [0.29, 0.717) is 26.1 Å². The summed E-state index contributed by atoms with van der Waals surface area (Å²) >= 11 is 0. The van der Waals surface area contributed by atoms with Crippen molar-refractivity contribution in [2.24, 2.45) is 11.8 Å². The third-order valence-electron chi connectivity index (χ3n) is 6.15. The molecule has 3 amide bonds. The number of aliphatic carboxylic acids is 1. The smallest absolute Gasteiger partial charge is 0.315 e. The summed E-state index contributed by atoms with van der Waals surface area (Å²) in [6, 6.07) is -0.0491. The summed E-state index contributed by atoms with van der Waals surface area (Å²) in [5.41, 5.74) is 0. The van der Waals surface area contributed by atoms with Crippen LogP contribution in [0.1, 0.15) is 51.4 Å². The van der Waals surface area contributed by atoms with Gasteiger partial charge in [0.25, 0.3) is 0 Å². The standard InChI is InChI=1S/C19H31N3O5/c23-16(12-20-19(26)21-14-4-2-1-3-5-14)22-9-6-13(7-10-22)17-15(18(24)25)8-11-27-17/h13-15,17H,1-12H2,(H,24,25)(H2,20,21,26)/t15?,17-/m0/s1. The van der Waals surface area contributed by atoms with Gasteiger partial charge in [-0.3, -0.25) is 9.59 Å². The van der Waals surface area contributed by atoms with Gasteiger partial charge in [0.15, 0.2) is 0 Å². The molecule has 0 spiro atoms. The Balaban J connectivity index is 1.37. The molecule has 8 nitrogen and oxygen atoms in total. The highest BCUT2D eigenvalue weighted by atomic mass is 16.5. The first-order valence-corrected chi connectivity index (χ1v) is 10.2. The van der Waals surface area contributed by atoms with Crippen LogP contribution < -0.4 is 10.6 Å². The van der Waals surface area contributed by atoms with Crippen molar-refractivity contribution in [2.75, 3.05) is 26.2 Å². The Morgan fingerprint density at radius 1 is 1.00 bits per heavy atom. The zero-order valence-corrected chi connectivity index (χ0v) is 15.8. The van der Waals surface area contributed by atoms with Crippen LogP contribution in [0.4, 0.5) is 4.79 Å². The van der Waals surface area contributed by atoms with E-state index in [0.717, 1.165) is 38.5 Å². The maximum atomic E-state index is 12.4. The molecule has 3 N–H and O–H groups in total. The van der Waals surface area contributed by atoms with Crippen LogP contribution >= 0.6 is 0 Å². The Morgan fingerprint density at radius 2 is 1.70 bits per heavy atom. The number of carboxylic acid groups (broad SMARTS) is 1. The molecule has 8 heteroatoms. The van der Waals surface area contributed by atoms with Crippen molar-refractivity contribution < 1.29 is 24.2 Å². The fraction of sp³-hybridized carbons (Fsp3) is 0.842. The van der Waals surface area contributed by atoms with E-state index in [9.17, 15) is 19.5 Å². The van der Waals surface area contributed by atoms with E-state index in [1.165, 1.54) is 6.42 Å². The number of hydrogen-bond acceptors (Lipinski definition) is 4. The van der Waals surface area contributed by atoms with Crippen molar-refractivity contribution in [1.82, 2.24) is 15.5 Å². The molecule has 1 saturated carbocycles. The Kier molecular flexibility index (Phi) is 6.93. The average molecular weight is 381 g/mol. The SMILES string of the molecule is O=C(NCC(=O)N1CCC([C@@H]2OCCC2C(=O)O)CC1)NC1CCCCC1. The number of nitrogens with one attached hydrogen (secondary N) is 2. The Bertz CT molecular complexity index is 541. The maximum absolute atomic E-state index is 12.4. The lowest BCUT2D eigenvalue weighted by Crippen LogP contribution is -2.49. The van der Waals surface area contributed by atoms with Crippen molar-refractivity contribution in [1.29, 1.82) is 0 Å². The molecule has 1 unspecified atom stereocenters. The summed E-state index contributed by atoms with van der Waals surface area (Å²) in [5.74, 6) is -1.12. The molecule has 0 aromatic rings. The summed E-state index contributed by atoms with van der Waals surface area (Å²) in [6.07, 6.45) is 7.36. The molecule has 2 atom stereocenters. The Morgan fingerprint density at radius 3 is 2.37 bits per heavy atom. The number of carbonyl (C=O) groups is 3. The highest BCUT2D eigenvalue weighted by molar-refractivity contribution is 5.84. The van der Waals surface area contributed by atoms with Crippen LogP contribution in [0.15, 0.2) is 0 Å². The zero-order valence-electron chi connectivity index (χ0n) is 15.8. The first-order chi connectivity index (χ1) is 13.0. The van der Waals surface area contributed by atoms with E-state index in [1.54, 1.807) is 4.90 Å². The van der Waals surface area contributed by atoms with Crippen molar-refractivity contribution in [2.45, 2.75) is 63.5 Å². The summed E-state index contributed by atoms with van der Waals surface area (Å²) < 4.78 is 5.66. The van der Waals surface area contributed by atoms with Crippen molar-refractivity contribution in [3.8, 4) is 0 Å².